The van der Waals surface area contributed by atoms with E-state index in [0.717, 1.165) is 22.0 Å². The van der Waals surface area contributed by atoms with E-state index in [2.05, 4.69) is 9.97 Å². The van der Waals surface area contributed by atoms with Crippen LogP contribution in [-0.2, 0) is 16.1 Å². The van der Waals surface area contributed by atoms with Crippen molar-refractivity contribution in [1.82, 2.24) is 9.97 Å². The Morgan fingerprint density at radius 2 is 1.62 bits per heavy atom. The third-order valence-corrected chi connectivity index (χ3v) is 4.25. The Morgan fingerprint density at radius 1 is 0.862 bits per heavy atom. The highest BCUT2D eigenvalue weighted by atomic mass is 16.5. The summed E-state index contributed by atoms with van der Waals surface area (Å²) in [5, 5.41) is 0.816. The Balaban J connectivity index is 1.49. The Hall–Kier alpha value is -3.99. The number of carbonyl (C=O) groups excluding carboxylic acids is 1. The topological polar surface area (TPSA) is 61.3 Å². The molecule has 0 atom stereocenters. The van der Waals surface area contributed by atoms with Crippen molar-refractivity contribution in [2.75, 3.05) is 0 Å². The van der Waals surface area contributed by atoms with Gasteiger partial charge >= 0.3 is 5.97 Å². The first kappa shape index (κ1) is 18.4. The quantitative estimate of drug-likeness (QED) is 0.340. The number of nitrogens with zero attached hydrogens (tertiary/aromatic N) is 2. The van der Waals surface area contributed by atoms with Crippen molar-refractivity contribution in [3.05, 3.63) is 102 Å². The second-order valence-electron chi connectivity index (χ2n) is 6.26. The van der Waals surface area contributed by atoms with Crippen LogP contribution >= 0.6 is 0 Å². The first-order chi connectivity index (χ1) is 14.3. The molecule has 0 aliphatic carbocycles. The minimum Gasteiger partial charge on any atom is -0.458 e. The predicted molar refractivity (Wildman–Crippen MR) is 111 cm³/mol. The molecule has 142 valence electrons. The summed E-state index contributed by atoms with van der Waals surface area (Å²) in [6.07, 6.45) is 4.53. The molecule has 0 aliphatic rings. The summed E-state index contributed by atoms with van der Waals surface area (Å²) >= 11 is 0. The highest BCUT2D eigenvalue weighted by Gasteiger charge is 2.08. The summed E-state index contributed by atoms with van der Waals surface area (Å²) in [6.45, 7) is 0.231. The van der Waals surface area contributed by atoms with Gasteiger partial charge in [-0.3, -0.25) is 0 Å². The third-order valence-electron chi connectivity index (χ3n) is 4.25. The van der Waals surface area contributed by atoms with Crippen LogP contribution < -0.4 is 4.74 Å². The molecule has 0 saturated carbocycles. The number of hydrogen-bond acceptors (Lipinski definition) is 5. The SMILES string of the molecule is O=C(/C=C\c1ccccc1Oc1ncnc2ccccc12)OCc1ccccc1. The van der Waals surface area contributed by atoms with Gasteiger partial charge in [0.15, 0.2) is 0 Å². The van der Waals surface area contributed by atoms with Gasteiger partial charge in [0.2, 0.25) is 5.88 Å². The summed E-state index contributed by atoms with van der Waals surface area (Å²) in [6, 6.07) is 24.6. The van der Waals surface area contributed by atoms with Crippen molar-refractivity contribution in [1.29, 1.82) is 0 Å². The maximum Gasteiger partial charge on any atom is 0.331 e. The fraction of sp³-hybridized carbons (Fsp3) is 0.0417. The van der Waals surface area contributed by atoms with Gasteiger partial charge in [-0.2, -0.15) is 0 Å². The van der Waals surface area contributed by atoms with Gasteiger partial charge in [0.05, 0.1) is 10.9 Å². The molecule has 0 bridgehead atoms. The van der Waals surface area contributed by atoms with Crippen molar-refractivity contribution >= 4 is 22.9 Å². The average Bonchev–Trinajstić information content (AvgIpc) is 2.78. The molecule has 0 radical (unpaired) electrons. The monoisotopic (exact) mass is 382 g/mol. The minimum atomic E-state index is -0.420. The summed E-state index contributed by atoms with van der Waals surface area (Å²) in [5.74, 6) is 0.628. The molecular weight excluding hydrogens is 364 g/mol. The van der Waals surface area contributed by atoms with Crippen LogP contribution in [0.1, 0.15) is 11.1 Å². The molecular formula is C24H18N2O3. The Bertz CT molecular complexity index is 1150. The lowest BCUT2D eigenvalue weighted by atomic mass is 10.2. The van der Waals surface area contributed by atoms with E-state index in [0.29, 0.717) is 11.6 Å². The van der Waals surface area contributed by atoms with Crippen molar-refractivity contribution < 1.29 is 14.3 Å². The molecule has 29 heavy (non-hydrogen) atoms. The van der Waals surface area contributed by atoms with Gasteiger partial charge in [-0.05, 0) is 29.8 Å². The zero-order valence-electron chi connectivity index (χ0n) is 15.6. The van der Waals surface area contributed by atoms with E-state index >= 15 is 0 Å². The van der Waals surface area contributed by atoms with Crippen LogP contribution in [0.25, 0.3) is 17.0 Å². The third kappa shape index (κ3) is 4.65. The molecule has 0 spiro atoms. The molecule has 5 heteroatoms. The van der Waals surface area contributed by atoms with E-state index in [1.807, 2.05) is 78.9 Å². The highest BCUT2D eigenvalue weighted by molar-refractivity contribution is 5.88. The molecule has 0 saturated heterocycles. The minimum absolute atomic E-state index is 0.231. The molecule has 4 aromatic rings. The van der Waals surface area contributed by atoms with Crippen LogP contribution in [0.2, 0.25) is 0 Å². The molecule has 5 nitrogen and oxygen atoms in total. The Kier molecular flexibility index (Phi) is 5.58. The van der Waals surface area contributed by atoms with Gasteiger partial charge in [-0.1, -0.05) is 60.7 Å². The summed E-state index contributed by atoms with van der Waals surface area (Å²) in [5.41, 5.74) is 2.48. The molecule has 3 aromatic carbocycles. The van der Waals surface area contributed by atoms with E-state index in [-0.39, 0.29) is 6.61 Å². The lowest BCUT2D eigenvalue weighted by Gasteiger charge is -2.09. The van der Waals surface area contributed by atoms with E-state index in [1.54, 1.807) is 6.08 Å². The van der Waals surface area contributed by atoms with Gasteiger partial charge in [0.1, 0.15) is 18.7 Å². The molecule has 4 rings (SSSR count). The van der Waals surface area contributed by atoms with Gasteiger partial charge < -0.3 is 9.47 Å². The van der Waals surface area contributed by atoms with Crippen molar-refractivity contribution in [3.8, 4) is 11.6 Å². The van der Waals surface area contributed by atoms with Crippen LogP contribution in [-0.4, -0.2) is 15.9 Å². The lowest BCUT2D eigenvalue weighted by molar-refractivity contribution is -0.138. The standard InChI is InChI=1S/C24H18N2O3/c27-23(28-16-18-8-2-1-3-9-18)15-14-19-10-4-7-13-22(19)29-24-20-11-5-6-12-21(20)25-17-26-24/h1-15,17H,16H2/b15-14-. The van der Waals surface area contributed by atoms with Gasteiger partial charge in [-0.15, -0.1) is 0 Å². The first-order valence-electron chi connectivity index (χ1n) is 9.15. The number of rotatable bonds is 6. The maximum absolute atomic E-state index is 12.1. The lowest BCUT2D eigenvalue weighted by Crippen LogP contribution is -2.00. The molecule has 1 heterocycles. The van der Waals surface area contributed by atoms with E-state index in [9.17, 15) is 4.79 Å². The number of esters is 1. The van der Waals surface area contributed by atoms with Crippen molar-refractivity contribution in [2.45, 2.75) is 6.61 Å². The number of ether oxygens (including phenoxy) is 2. The van der Waals surface area contributed by atoms with E-state index in [1.165, 1.54) is 12.4 Å². The molecule has 0 unspecified atom stereocenters. The molecule has 1 aromatic heterocycles. The second kappa shape index (κ2) is 8.80. The fourth-order valence-corrected chi connectivity index (χ4v) is 2.81. The molecule has 0 N–H and O–H groups in total. The van der Waals surface area contributed by atoms with Crippen LogP contribution in [0.15, 0.2) is 91.3 Å². The molecule has 0 aliphatic heterocycles. The summed E-state index contributed by atoms with van der Waals surface area (Å²) in [4.78, 5) is 20.6. The van der Waals surface area contributed by atoms with Crippen LogP contribution in [0.5, 0.6) is 11.6 Å². The van der Waals surface area contributed by atoms with E-state index < -0.39 is 5.97 Å². The number of fused-ring (bicyclic) bond motifs is 1. The fourth-order valence-electron chi connectivity index (χ4n) is 2.81. The second-order valence-corrected chi connectivity index (χ2v) is 6.26. The molecule has 0 amide bonds. The van der Waals surface area contributed by atoms with Crippen LogP contribution in [0.4, 0.5) is 0 Å². The zero-order valence-corrected chi connectivity index (χ0v) is 15.6. The van der Waals surface area contributed by atoms with Gasteiger partial charge in [0, 0.05) is 11.6 Å². The smallest absolute Gasteiger partial charge is 0.331 e. The molecule has 0 fully saturated rings. The Labute approximate surface area is 168 Å². The predicted octanol–water partition coefficient (Wildman–Crippen LogP) is 5.18. The first-order valence-corrected chi connectivity index (χ1v) is 9.15. The normalized spacial score (nSPS) is 10.9. The largest absolute Gasteiger partial charge is 0.458 e. The van der Waals surface area contributed by atoms with Crippen molar-refractivity contribution in [3.63, 3.8) is 0 Å². The number of carbonyl (C=O) groups is 1. The summed E-state index contributed by atoms with van der Waals surface area (Å²) < 4.78 is 11.3. The number of benzene rings is 3. The zero-order chi connectivity index (χ0) is 19.9. The Morgan fingerprint density at radius 3 is 2.52 bits per heavy atom. The summed E-state index contributed by atoms with van der Waals surface area (Å²) in [7, 11) is 0. The van der Waals surface area contributed by atoms with Crippen LogP contribution in [0, 0.1) is 0 Å². The number of hydrogen-bond donors (Lipinski definition) is 0. The van der Waals surface area contributed by atoms with Gasteiger partial charge in [-0.25, -0.2) is 14.8 Å². The maximum atomic E-state index is 12.1. The van der Waals surface area contributed by atoms with Crippen LogP contribution in [0.3, 0.4) is 0 Å². The number of aromatic nitrogens is 2. The van der Waals surface area contributed by atoms with E-state index in [4.69, 9.17) is 9.47 Å². The number of para-hydroxylation sites is 2. The van der Waals surface area contributed by atoms with Crippen molar-refractivity contribution in [2.24, 2.45) is 0 Å². The van der Waals surface area contributed by atoms with Gasteiger partial charge in [0.25, 0.3) is 0 Å². The highest BCUT2D eigenvalue weighted by Crippen LogP contribution is 2.29. The average molecular weight is 382 g/mol.